The van der Waals surface area contributed by atoms with Crippen LogP contribution in [-0.2, 0) is 14.8 Å². The number of aliphatic hydroxyl groups is 1. The molecule has 2 unspecified atom stereocenters. The minimum atomic E-state index is -3.54. The molecule has 118 valence electrons. The molecule has 1 aromatic rings. The standard InChI is InChI=1S/C15H23NO4S/c1-3-15(17)13-6-4-7-14(10-13)21(18,19)16-8-5-9-20-12(2)11-16/h4,6-7,10,12,15,17H,3,5,8-9,11H2,1-2H3. The molecule has 0 saturated carbocycles. The number of hydrogen-bond acceptors (Lipinski definition) is 4. The Bertz CT molecular complexity index is 573. The molecule has 5 nitrogen and oxygen atoms in total. The predicted octanol–water partition coefficient (Wildman–Crippen LogP) is 1.93. The Balaban J connectivity index is 2.30. The maximum atomic E-state index is 12.7. The van der Waals surface area contributed by atoms with Gasteiger partial charge < -0.3 is 9.84 Å². The lowest BCUT2D eigenvalue weighted by molar-refractivity contribution is 0.0752. The first kappa shape index (κ1) is 16.4. The fourth-order valence-corrected chi connectivity index (χ4v) is 4.05. The van der Waals surface area contributed by atoms with Crippen molar-refractivity contribution in [3.05, 3.63) is 29.8 Å². The average Bonchev–Trinajstić information content (AvgIpc) is 2.71. The van der Waals surface area contributed by atoms with Crippen LogP contribution in [0.25, 0.3) is 0 Å². The fraction of sp³-hybridized carbons (Fsp3) is 0.600. The van der Waals surface area contributed by atoms with E-state index in [1.807, 2.05) is 13.8 Å². The summed E-state index contributed by atoms with van der Waals surface area (Å²) in [4.78, 5) is 0.238. The third kappa shape index (κ3) is 3.83. The first-order chi connectivity index (χ1) is 9.95. The Morgan fingerprint density at radius 3 is 2.95 bits per heavy atom. The molecule has 1 saturated heterocycles. The molecular weight excluding hydrogens is 290 g/mol. The lowest BCUT2D eigenvalue weighted by atomic mass is 10.1. The van der Waals surface area contributed by atoms with Crippen LogP contribution in [0.3, 0.4) is 0 Å². The Kier molecular flexibility index (Phi) is 5.37. The summed E-state index contributed by atoms with van der Waals surface area (Å²) in [6, 6.07) is 6.58. The second-order valence-electron chi connectivity index (χ2n) is 5.39. The maximum absolute atomic E-state index is 12.7. The van der Waals surface area contributed by atoms with Gasteiger partial charge in [-0.2, -0.15) is 4.31 Å². The van der Waals surface area contributed by atoms with Crippen LogP contribution >= 0.6 is 0 Å². The van der Waals surface area contributed by atoms with Gasteiger partial charge in [0.05, 0.1) is 17.1 Å². The second kappa shape index (κ2) is 6.87. The minimum absolute atomic E-state index is 0.105. The molecule has 0 spiro atoms. The van der Waals surface area contributed by atoms with E-state index in [1.165, 1.54) is 4.31 Å². The summed E-state index contributed by atoms with van der Waals surface area (Å²) < 4.78 is 32.4. The highest BCUT2D eigenvalue weighted by molar-refractivity contribution is 7.89. The molecule has 1 N–H and O–H groups in total. The van der Waals surface area contributed by atoms with Gasteiger partial charge in [-0.25, -0.2) is 8.42 Å². The smallest absolute Gasteiger partial charge is 0.243 e. The molecule has 1 heterocycles. The zero-order valence-corrected chi connectivity index (χ0v) is 13.3. The third-order valence-electron chi connectivity index (χ3n) is 3.68. The molecule has 2 atom stereocenters. The summed E-state index contributed by atoms with van der Waals surface area (Å²) in [6.45, 7) is 5.16. The molecule has 1 aliphatic rings. The number of benzene rings is 1. The summed E-state index contributed by atoms with van der Waals surface area (Å²) in [6.07, 6.45) is 0.511. The molecule has 1 fully saturated rings. The molecule has 2 rings (SSSR count). The van der Waals surface area contributed by atoms with Gasteiger partial charge in [-0.15, -0.1) is 0 Å². The molecular formula is C15H23NO4S. The quantitative estimate of drug-likeness (QED) is 0.922. The van der Waals surface area contributed by atoms with Gasteiger partial charge in [-0.05, 0) is 37.5 Å². The van der Waals surface area contributed by atoms with E-state index in [9.17, 15) is 13.5 Å². The van der Waals surface area contributed by atoms with E-state index in [4.69, 9.17) is 4.74 Å². The zero-order valence-electron chi connectivity index (χ0n) is 12.5. The Labute approximate surface area is 126 Å². The normalized spacial score (nSPS) is 22.7. The Morgan fingerprint density at radius 2 is 2.24 bits per heavy atom. The Hall–Kier alpha value is -0.950. The van der Waals surface area contributed by atoms with Gasteiger partial charge in [-0.1, -0.05) is 19.1 Å². The topological polar surface area (TPSA) is 66.8 Å². The minimum Gasteiger partial charge on any atom is -0.388 e. The van der Waals surface area contributed by atoms with Crippen molar-refractivity contribution in [1.82, 2.24) is 4.31 Å². The van der Waals surface area contributed by atoms with Gasteiger partial charge in [-0.3, -0.25) is 0 Å². The summed E-state index contributed by atoms with van der Waals surface area (Å²) >= 11 is 0. The molecule has 0 bridgehead atoms. The molecule has 1 aliphatic heterocycles. The van der Waals surface area contributed by atoms with Crippen molar-refractivity contribution in [3.63, 3.8) is 0 Å². The van der Waals surface area contributed by atoms with Gasteiger partial charge in [0.15, 0.2) is 0 Å². The van der Waals surface area contributed by atoms with Gasteiger partial charge in [0.1, 0.15) is 0 Å². The molecule has 0 amide bonds. The van der Waals surface area contributed by atoms with Crippen molar-refractivity contribution in [2.45, 2.75) is 43.8 Å². The zero-order chi connectivity index (χ0) is 15.5. The first-order valence-corrected chi connectivity index (χ1v) is 8.79. The van der Waals surface area contributed by atoms with Crippen LogP contribution in [0.15, 0.2) is 29.2 Å². The summed E-state index contributed by atoms with van der Waals surface area (Å²) in [5, 5.41) is 9.89. The molecule has 6 heteroatoms. The largest absolute Gasteiger partial charge is 0.388 e. The van der Waals surface area contributed by atoms with E-state index < -0.39 is 16.1 Å². The average molecular weight is 313 g/mol. The molecule has 21 heavy (non-hydrogen) atoms. The van der Waals surface area contributed by atoms with Gasteiger partial charge >= 0.3 is 0 Å². The van der Waals surface area contributed by atoms with E-state index in [0.717, 1.165) is 0 Å². The number of aliphatic hydroxyl groups excluding tert-OH is 1. The second-order valence-corrected chi connectivity index (χ2v) is 7.33. The van der Waals surface area contributed by atoms with Crippen LogP contribution in [0.5, 0.6) is 0 Å². The van der Waals surface area contributed by atoms with E-state index in [2.05, 4.69) is 0 Å². The molecule has 0 aliphatic carbocycles. The number of ether oxygens (including phenoxy) is 1. The van der Waals surface area contributed by atoms with Crippen LogP contribution in [0.2, 0.25) is 0 Å². The summed E-state index contributed by atoms with van der Waals surface area (Å²) in [5.41, 5.74) is 0.637. The van der Waals surface area contributed by atoms with Gasteiger partial charge in [0.2, 0.25) is 10.0 Å². The lowest BCUT2D eigenvalue weighted by Crippen LogP contribution is -2.36. The highest BCUT2D eigenvalue weighted by Crippen LogP contribution is 2.23. The van der Waals surface area contributed by atoms with E-state index in [-0.39, 0.29) is 11.0 Å². The number of sulfonamides is 1. The Morgan fingerprint density at radius 1 is 1.48 bits per heavy atom. The van der Waals surface area contributed by atoms with Gasteiger partial charge in [0.25, 0.3) is 0 Å². The van der Waals surface area contributed by atoms with Crippen LogP contribution < -0.4 is 0 Å². The van der Waals surface area contributed by atoms with Gasteiger partial charge in [0, 0.05) is 19.7 Å². The number of rotatable bonds is 4. The van der Waals surface area contributed by atoms with Crippen LogP contribution in [0, 0.1) is 0 Å². The van der Waals surface area contributed by atoms with E-state index in [0.29, 0.717) is 38.1 Å². The highest BCUT2D eigenvalue weighted by atomic mass is 32.2. The van der Waals surface area contributed by atoms with E-state index in [1.54, 1.807) is 24.3 Å². The summed E-state index contributed by atoms with van der Waals surface area (Å²) in [7, 11) is -3.54. The van der Waals surface area contributed by atoms with Crippen LogP contribution in [0.4, 0.5) is 0 Å². The molecule has 0 radical (unpaired) electrons. The van der Waals surface area contributed by atoms with Crippen LogP contribution in [0.1, 0.15) is 38.4 Å². The molecule has 0 aromatic heterocycles. The first-order valence-electron chi connectivity index (χ1n) is 7.35. The summed E-state index contributed by atoms with van der Waals surface area (Å²) in [5.74, 6) is 0. The van der Waals surface area contributed by atoms with Crippen molar-refractivity contribution in [2.75, 3.05) is 19.7 Å². The van der Waals surface area contributed by atoms with Crippen molar-refractivity contribution in [2.24, 2.45) is 0 Å². The SMILES string of the molecule is CCC(O)c1cccc(S(=O)(=O)N2CCCOC(C)C2)c1. The fourth-order valence-electron chi connectivity index (χ4n) is 2.44. The van der Waals surface area contributed by atoms with E-state index >= 15 is 0 Å². The highest BCUT2D eigenvalue weighted by Gasteiger charge is 2.28. The predicted molar refractivity (Wildman–Crippen MR) is 80.5 cm³/mol. The number of nitrogens with zero attached hydrogens (tertiary/aromatic N) is 1. The lowest BCUT2D eigenvalue weighted by Gasteiger charge is -2.22. The monoisotopic (exact) mass is 313 g/mol. The van der Waals surface area contributed by atoms with Crippen molar-refractivity contribution in [1.29, 1.82) is 0 Å². The van der Waals surface area contributed by atoms with Crippen LogP contribution in [-0.4, -0.2) is 43.6 Å². The van der Waals surface area contributed by atoms with Crippen molar-refractivity contribution >= 4 is 10.0 Å². The van der Waals surface area contributed by atoms with Crippen molar-refractivity contribution < 1.29 is 18.3 Å². The number of hydrogen-bond donors (Lipinski definition) is 1. The molecule has 1 aromatic carbocycles. The van der Waals surface area contributed by atoms with Crippen molar-refractivity contribution in [3.8, 4) is 0 Å². The maximum Gasteiger partial charge on any atom is 0.243 e. The third-order valence-corrected chi connectivity index (χ3v) is 5.54.